The van der Waals surface area contributed by atoms with Crippen LogP contribution in [0.4, 0.5) is 0 Å². The van der Waals surface area contributed by atoms with Crippen LogP contribution in [0.5, 0.6) is 5.75 Å². The van der Waals surface area contributed by atoms with Crippen LogP contribution >= 0.6 is 0 Å². The second kappa shape index (κ2) is 5.12. The maximum absolute atomic E-state index is 12.7. The summed E-state index contributed by atoms with van der Waals surface area (Å²) in [5.74, 6) is 2.13. The van der Waals surface area contributed by atoms with Crippen LogP contribution < -0.4 is 0 Å². The third kappa shape index (κ3) is 2.19. The van der Waals surface area contributed by atoms with Crippen molar-refractivity contribution in [1.82, 2.24) is 4.90 Å². The summed E-state index contributed by atoms with van der Waals surface area (Å²) < 4.78 is 0. The Morgan fingerprint density at radius 3 is 2.65 bits per heavy atom. The predicted octanol–water partition coefficient (Wildman–Crippen LogP) is 3.35. The van der Waals surface area contributed by atoms with Crippen LogP contribution in [0.25, 0.3) is 0 Å². The summed E-state index contributed by atoms with van der Waals surface area (Å²) in [5, 5.41) is 9.94. The smallest absolute Gasteiger partial charge is 0.226 e. The van der Waals surface area contributed by atoms with E-state index in [9.17, 15) is 9.90 Å². The molecule has 4 unspecified atom stereocenters. The molecule has 0 spiro atoms. The number of rotatable bonds is 3. The van der Waals surface area contributed by atoms with Crippen molar-refractivity contribution < 1.29 is 9.90 Å². The number of carbonyl (C=O) groups is 1. The van der Waals surface area contributed by atoms with Crippen molar-refractivity contribution in [1.29, 1.82) is 0 Å². The molecular formula is C17H23NO2. The Balaban J connectivity index is 1.74. The van der Waals surface area contributed by atoms with Crippen molar-refractivity contribution in [2.24, 2.45) is 17.8 Å². The van der Waals surface area contributed by atoms with Crippen LogP contribution in [0.1, 0.15) is 44.2 Å². The van der Waals surface area contributed by atoms with Gasteiger partial charge in [0.15, 0.2) is 0 Å². The topological polar surface area (TPSA) is 40.5 Å². The molecule has 0 aliphatic heterocycles. The van der Waals surface area contributed by atoms with Gasteiger partial charge in [0.1, 0.15) is 5.75 Å². The minimum atomic E-state index is -0.0807. The molecule has 2 aliphatic carbocycles. The molecular weight excluding hydrogens is 250 g/mol. The van der Waals surface area contributed by atoms with E-state index in [-0.39, 0.29) is 23.6 Å². The number of phenols is 1. The molecule has 0 aromatic heterocycles. The molecule has 2 fully saturated rings. The molecule has 3 rings (SSSR count). The van der Waals surface area contributed by atoms with Crippen LogP contribution in [0.3, 0.4) is 0 Å². The number of hydrogen-bond acceptors (Lipinski definition) is 2. The van der Waals surface area contributed by atoms with Gasteiger partial charge in [-0.15, -0.1) is 0 Å². The largest absolute Gasteiger partial charge is 0.508 e. The molecule has 0 radical (unpaired) electrons. The fourth-order valence-corrected chi connectivity index (χ4v) is 4.05. The second-order valence-electron chi connectivity index (χ2n) is 6.47. The monoisotopic (exact) mass is 273 g/mol. The summed E-state index contributed by atoms with van der Waals surface area (Å²) in [4.78, 5) is 14.5. The fraction of sp³-hybridized carbons (Fsp3) is 0.588. The molecule has 3 nitrogen and oxygen atoms in total. The Labute approximate surface area is 120 Å². The van der Waals surface area contributed by atoms with Gasteiger partial charge in [0.25, 0.3) is 0 Å². The average molecular weight is 273 g/mol. The van der Waals surface area contributed by atoms with Gasteiger partial charge in [0, 0.05) is 18.5 Å². The molecule has 3 heteroatoms. The van der Waals surface area contributed by atoms with E-state index in [2.05, 4.69) is 0 Å². The fourth-order valence-electron chi connectivity index (χ4n) is 4.05. The summed E-state index contributed by atoms with van der Waals surface area (Å²) in [5.41, 5.74) is 0.825. The lowest BCUT2D eigenvalue weighted by Gasteiger charge is -2.31. The molecule has 1 aromatic carbocycles. The zero-order valence-electron chi connectivity index (χ0n) is 12.2. The number of fused-ring (bicyclic) bond motifs is 2. The number of carbonyl (C=O) groups excluding carboxylic acids is 1. The first kappa shape index (κ1) is 13.5. The lowest BCUT2D eigenvalue weighted by molar-refractivity contribution is -0.137. The van der Waals surface area contributed by atoms with Gasteiger partial charge in [-0.3, -0.25) is 4.79 Å². The normalized spacial score (nSPS) is 29.4. The van der Waals surface area contributed by atoms with Crippen LogP contribution in [0.15, 0.2) is 24.3 Å². The number of benzene rings is 1. The Morgan fingerprint density at radius 1 is 1.30 bits per heavy atom. The van der Waals surface area contributed by atoms with Gasteiger partial charge in [-0.05, 0) is 44.1 Å². The SMILES string of the molecule is CC(c1ccccc1O)N(C)C(=O)C1CC2CCC1C2. The molecule has 2 aliphatic rings. The van der Waals surface area contributed by atoms with E-state index in [1.165, 1.54) is 19.3 Å². The van der Waals surface area contributed by atoms with Crippen molar-refractivity contribution in [2.75, 3.05) is 7.05 Å². The summed E-state index contributed by atoms with van der Waals surface area (Å²) in [7, 11) is 1.87. The van der Waals surface area contributed by atoms with Gasteiger partial charge in [0.05, 0.1) is 6.04 Å². The second-order valence-corrected chi connectivity index (χ2v) is 6.47. The van der Waals surface area contributed by atoms with Crippen molar-refractivity contribution in [3.05, 3.63) is 29.8 Å². The quantitative estimate of drug-likeness (QED) is 0.917. The molecule has 2 saturated carbocycles. The first-order valence-corrected chi connectivity index (χ1v) is 7.62. The van der Waals surface area contributed by atoms with E-state index < -0.39 is 0 Å². The third-order valence-corrected chi connectivity index (χ3v) is 5.37. The minimum absolute atomic E-state index is 0.0807. The lowest BCUT2D eigenvalue weighted by atomic mass is 9.87. The number of nitrogens with zero attached hydrogens (tertiary/aromatic N) is 1. The van der Waals surface area contributed by atoms with Crippen molar-refractivity contribution >= 4 is 5.91 Å². The third-order valence-electron chi connectivity index (χ3n) is 5.37. The molecule has 1 amide bonds. The number of aromatic hydroxyl groups is 1. The first-order valence-electron chi connectivity index (χ1n) is 7.62. The zero-order valence-corrected chi connectivity index (χ0v) is 12.2. The first-order chi connectivity index (χ1) is 9.58. The summed E-state index contributed by atoms with van der Waals surface area (Å²) in [6.07, 6.45) is 4.85. The summed E-state index contributed by atoms with van der Waals surface area (Å²) >= 11 is 0. The Hall–Kier alpha value is -1.51. The Kier molecular flexibility index (Phi) is 3.45. The molecule has 2 bridgehead atoms. The van der Waals surface area contributed by atoms with Gasteiger partial charge in [-0.2, -0.15) is 0 Å². The van der Waals surface area contributed by atoms with Gasteiger partial charge >= 0.3 is 0 Å². The maximum atomic E-state index is 12.7. The van der Waals surface area contributed by atoms with Gasteiger partial charge < -0.3 is 10.0 Å². The molecule has 0 saturated heterocycles. The average Bonchev–Trinajstić information content (AvgIpc) is 3.08. The molecule has 1 aromatic rings. The van der Waals surface area contributed by atoms with Gasteiger partial charge in [-0.25, -0.2) is 0 Å². The standard InChI is InChI=1S/C17H23NO2/c1-11(14-5-3-4-6-16(14)19)18(2)17(20)15-10-12-7-8-13(15)9-12/h3-6,11-13,15,19H,7-10H2,1-2H3. The molecule has 20 heavy (non-hydrogen) atoms. The maximum Gasteiger partial charge on any atom is 0.226 e. The minimum Gasteiger partial charge on any atom is -0.508 e. The van der Waals surface area contributed by atoms with E-state index in [1.807, 2.05) is 37.1 Å². The summed E-state index contributed by atoms with van der Waals surface area (Å²) in [6.45, 7) is 1.99. The van der Waals surface area contributed by atoms with E-state index in [0.717, 1.165) is 17.9 Å². The number of para-hydroxylation sites is 1. The van der Waals surface area contributed by atoms with E-state index >= 15 is 0 Å². The van der Waals surface area contributed by atoms with E-state index in [4.69, 9.17) is 0 Å². The van der Waals surface area contributed by atoms with Crippen molar-refractivity contribution in [2.45, 2.75) is 38.6 Å². The molecule has 4 atom stereocenters. The molecule has 0 heterocycles. The highest BCUT2D eigenvalue weighted by Crippen LogP contribution is 2.49. The van der Waals surface area contributed by atoms with Crippen LogP contribution in [-0.2, 0) is 4.79 Å². The van der Waals surface area contributed by atoms with E-state index in [1.54, 1.807) is 6.07 Å². The Morgan fingerprint density at radius 2 is 2.05 bits per heavy atom. The molecule has 108 valence electrons. The predicted molar refractivity (Wildman–Crippen MR) is 78.2 cm³/mol. The van der Waals surface area contributed by atoms with Crippen molar-refractivity contribution in [3.63, 3.8) is 0 Å². The number of amides is 1. The van der Waals surface area contributed by atoms with Gasteiger partial charge in [-0.1, -0.05) is 24.6 Å². The Bertz CT molecular complexity index is 513. The highest BCUT2D eigenvalue weighted by atomic mass is 16.3. The lowest BCUT2D eigenvalue weighted by Crippen LogP contribution is -2.37. The van der Waals surface area contributed by atoms with Gasteiger partial charge in [0.2, 0.25) is 5.91 Å². The number of hydrogen-bond donors (Lipinski definition) is 1. The zero-order chi connectivity index (χ0) is 14.3. The highest BCUT2D eigenvalue weighted by molar-refractivity contribution is 5.80. The highest BCUT2D eigenvalue weighted by Gasteiger charge is 2.44. The summed E-state index contributed by atoms with van der Waals surface area (Å²) in [6, 6.07) is 7.21. The number of phenolic OH excluding ortho intramolecular Hbond substituents is 1. The van der Waals surface area contributed by atoms with Crippen LogP contribution in [0.2, 0.25) is 0 Å². The van der Waals surface area contributed by atoms with Crippen LogP contribution in [0, 0.1) is 17.8 Å². The van der Waals surface area contributed by atoms with Crippen LogP contribution in [-0.4, -0.2) is 23.0 Å². The van der Waals surface area contributed by atoms with Crippen molar-refractivity contribution in [3.8, 4) is 5.75 Å². The van der Waals surface area contributed by atoms with E-state index in [0.29, 0.717) is 5.92 Å². The molecule has 1 N–H and O–H groups in total.